The number of carbonyl (C=O) groups is 1. The fraction of sp³-hybridized carbons (Fsp3) is 0.0714. The maximum atomic E-state index is 13.5. The predicted octanol–water partition coefficient (Wildman–Crippen LogP) is 4.16. The second-order valence-electron chi connectivity index (χ2n) is 3.89. The largest absolute Gasteiger partial charge is 0.288 e. The first-order valence-corrected chi connectivity index (χ1v) is 5.63. The monoisotopic (exact) mass is 266 g/mol. The predicted molar refractivity (Wildman–Crippen MR) is 66.0 cm³/mol. The van der Waals surface area contributed by atoms with Crippen molar-refractivity contribution in [1.82, 2.24) is 0 Å². The fourth-order valence-corrected chi connectivity index (χ4v) is 1.93. The molecule has 92 valence electrons. The van der Waals surface area contributed by atoms with Crippen LogP contribution in [0.4, 0.5) is 8.78 Å². The molecule has 0 aliphatic heterocycles. The highest BCUT2D eigenvalue weighted by molar-refractivity contribution is 6.30. The highest BCUT2D eigenvalue weighted by atomic mass is 35.5. The van der Waals surface area contributed by atoms with Crippen LogP contribution < -0.4 is 0 Å². The molecule has 0 saturated heterocycles. The van der Waals surface area contributed by atoms with Crippen molar-refractivity contribution in [2.75, 3.05) is 0 Å². The molecule has 0 radical (unpaired) electrons. The Bertz CT molecular complexity index is 623. The maximum Gasteiger partial charge on any atom is 0.196 e. The Morgan fingerprint density at radius 1 is 1.11 bits per heavy atom. The van der Waals surface area contributed by atoms with Gasteiger partial charge < -0.3 is 0 Å². The van der Waals surface area contributed by atoms with Crippen LogP contribution in [0.2, 0.25) is 5.02 Å². The average molecular weight is 267 g/mol. The number of hydrogen-bond acceptors (Lipinski definition) is 1. The topological polar surface area (TPSA) is 17.1 Å². The van der Waals surface area contributed by atoms with Gasteiger partial charge in [-0.2, -0.15) is 0 Å². The minimum Gasteiger partial charge on any atom is -0.288 e. The molecule has 1 nitrogen and oxygen atoms in total. The molecule has 0 aromatic heterocycles. The first kappa shape index (κ1) is 12.7. The molecule has 0 atom stereocenters. The SMILES string of the molecule is Cc1cc(Cl)ccc1C(=O)c1cccc(F)c1F. The lowest BCUT2D eigenvalue weighted by Crippen LogP contribution is -2.07. The van der Waals surface area contributed by atoms with E-state index in [1.165, 1.54) is 18.2 Å². The first-order chi connectivity index (χ1) is 8.50. The van der Waals surface area contributed by atoms with E-state index in [2.05, 4.69) is 0 Å². The van der Waals surface area contributed by atoms with Gasteiger partial charge in [0.1, 0.15) is 0 Å². The quantitative estimate of drug-likeness (QED) is 0.746. The van der Waals surface area contributed by atoms with E-state index in [1.54, 1.807) is 19.1 Å². The molecule has 4 heteroatoms. The van der Waals surface area contributed by atoms with Gasteiger partial charge in [-0.25, -0.2) is 8.78 Å². The Morgan fingerprint density at radius 3 is 2.50 bits per heavy atom. The third-order valence-corrected chi connectivity index (χ3v) is 2.86. The van der Waals surface area contributed by atoms with Gasteiger partial charge in [0.25, 0.3) is 0 Å². The second kappa shape index (κ2) is 4.86. The number of ketones is 1. The zero-order valence-electron chi connectivity index (χ0n) is 9.51. The molecule has 0 unspecified atom stereocenters. The van der Waals surface area contributed by atoms with Gasteiger partial charge in [-0.15, -0.1) is 0 Å². The van der Waals surface area contributed by atoms with Crippen LogP contribution in [0.3, 0.4) is 0 Å². The molecule has 0 aliphatic carbocycles. The third kappa shape index (κ3) is 2.27. The maximum absolute atomic E-state index is 13.5. The van der Waals surface area contributed by atoms with Gasteiger partial charge >= 0.3 is 0 Å². The van der Waals surface area contributed by atoms with E-state index < -0.39 is 17.4 Å². The Hall–Kier alpha value is -1.74. The summed E-state index contributed by atoms with van der Waals surface area (Å²) in [7, 11) is 0. The molecule has 0 spiro atoms. The lowest BCUT2D eigenvalue weighted by Gasteiger charge is -2.06. The van der Waals surface area contributed by atoms with Gasteiger partial charge in [-0.1, -0.05) is 17.7 Å². The molecule has 0 aliphatic rings. The Kier molecular flexibility index (Phi) is 3.43. The highest BCUT2D eigenvalue weighted by Gasteiger charge is 2.18. The minimum atomic E-state index is -1.13. The summed E-state index contributed by atoms with van der Waals surface area (Å²) in [6, 6.07) is 8.18. The number of rotatable bonds is 2. The van der Waals surface area contributed by atoms with Crippen molar-refractivity contribution in [3.8, 4) is 0 Å². The Labute approximate surface area is 108 Å². The molecule has 2 rings (SSSR count). The van der Waals surface area contributed by atoms with Gasteiger partial charge in [0.15, 0.2) is 17.4 Å². The minimum absolute atomic E-state index is 0.277. The van der Waals surface area contributed by atoms with Crippen LogP contribution in [0.5, 0.6) is 0 Å². The van der Waals surface area contributed by atoms with Gasteiger partial charge in [-0.3, -0.25) is 4.79 Å². The highest BCUT2D eigenvalue weighted by Crippen LogP contribution is 2.21. The molecule has 0 saturated carbocycles. The van der Waals surface area contributed by atoms with E-state index in [-0.39, 0.29) is 5.56 Å². The van der Waals surface area contributed by atoms with Crippen LogP contribution in [0.1, 0.15) is 21.5 Å². The van der Waals surface area contributed by atoms with Crippen molar-refractivity contribution >= 4 is 17.4 Å². The lowest BCUT2D eigenvalue weighted by atomic mass is 9.99. The van der Waals surface area contributed by atoms with E-state index in [9.17, 15) is 13.6 Å². The summed E-state index contributed by atoms with van der Waals surface area (Å²) in [5, 5.41) is 0.490. The average Bonchev–Trinajstić information content (AvgIpc) is 2.32. The summed E-state index contributed by atoms with van der Waals surface area (Å²) in [5.41, 5.74) is 0.653. The van der Waals surface area contributed by atoms with E-state index in [0.717, 1.165) is 6.07 Å². The molecular weight excluding hydrogens is 258 g/mol. The molecule has 2 aromatic carbocycles. The van der Waals surface area contributed by atoms with Gasteiger partial charge in [0.2, 0.25) is 0 Å². The smallest absolute Gasteiger partial charge is 0.196 e. The zero-order valence-corrected chi connectivity index (χ0v) is 10.3. The van der Waals surface area contributed by atoms with Crippen molar-refractivity contribution in [2.45, 2.75) is 6.92 Å². The number of halogens is 3. The normalized spacial score (nSPS) is 10.4. The third-order valence-electron chi connectivity index (χ3n) is 2.63. The van der Waals surface area contributed by atoms with Crippen LogP contribution in [0.25, 0.3) is 0 Å². The molecule has 0 bridgehead atoms. The van der Waals surface area contributed by atoms with Crippen molar-refractivity contribution < 1.29 is 13.6 Å². The van der Waals surface area contributed by atoms with Crippen molar-refractivity contribution in [1.29, 1.82) is 0 Å². The van der Waals surface area contributed by atoms with Gasteiger partial charge in [-0.05, 0) is 42.8 Å². The summed E-state index contributed by atoms with van der Waals surface area (Å²) in [6.07, 6.45) is 0. The molecule has 0 heterocycles. The van der Waals surface area contributed by atoms with E-state index >= 15 is 0 Å². The molecule has 2 aromatic rings. The second-order valence-corrected chi connectivity index (χ2v) is 4.33. The van der Waals surface area contributed by atoms with Crippen molar-refractivity contribution in [3.05, 3.63) is 69.7 Å². The van der Waals surface area contributed by atoms with Crippen LogP contribution in [0.15, 0.2) is 36.4 Å². The van der Waals surface area contributed by atoms with Crippen LogP contribution in [-0.4, -0.2) is 5.78 Å². The van der Waals surface area contributed by atoms with Crippen molar-refractivity contribution in [2.24, 2.45) is 0 Å². The van der Waals surface area contributed by atoms with Crippen LogP contribution >= 0.6 is 11.6 Å². The van der Waals surface area contributed by atoms with E-state index in [0.29, 0.717) is 16.1 Å². The molecule has 0 fully saturated rings. The number of carbonyl (C=O) groups excluding carboxylic acids is 1. The first-order valence-electron chi connectivity index (χ1n) is 5.25. The fourth-order valence-electron chi connectivity index (χ4n) is 1.71. The molecule has 0 N–H and O–H groups in total. The zero-order chi connectivity index (χ0) is 13.3. The van der Waals surface area contributed by atoms with Crippen LogP contribution in [-0.2, 0) is 0 Å². The molecule has 0 amide bonds. The number of aryl methyl sites for hydroxylation is 1. The van der Waals surface area contributed by atoms with E-state index in [4.69, 9.17) is 11.6 Å². The number of hydrogen-bond donors (Lipinski definition) is 0. The van der Waals surface area contributed by atoms with Crippen molar-refractivity contribution in [3.63, 3.8) is 0 Å². The lowest BCUT2D eigenvalue weighted by molar-refractivity contribution is 0.103. The standard InChI is InChI=1S/C14H9ClF2O/c1-8-7-9(15)5-6-10(8)14(18)11-3-2-4-12(16)13(11)17/h2-7H,1H3. The summed E-state index contributed by atoms with van der Waals surface area (Å²) < 4.78 is 26.6. The van der Waals surface area contributed by atoms with Gasteiger partial charge in [0.05, 0.1) is 5.56 Å². The Balaban J connectivity index is 2.51. The summed E-state index contributed by atoms with van der Waals surface area (Å²) in [5.74, 6) is -2.72. The van der Waals surface area contributed by atoms with Crippen LogP contribution in [0, 0.1) is 18.6 Å². The molecule has 18 heavy (non-hydrogen) atoms. The Morgan fingerprint density at radius 2 is 1.83 bits per heavy atom. The van der Waals surface area contributed by atoms with Gasteiger partial charge in [0, 0.05) is 10.6 Å². The summed E-state index contributed by atoms with van der Waals surface area (Å²) >= 11 is 5.78. The summed E-state index contributed by atoms with van der Waals surface area (Å²) in [4.78, 5) is 12.1. The van der Waals surface area contributed by atoms with E-state index in [1.807, 2.05) is 0 Å². The number of benzene rings is 2. The summed E-state index contributed by atoms with van der Waals surface area (Å²) in [6.45, 7) is 1.69. The molecular formula is C14H9ClF2O.